The lowest BCUT2D eigenvalue weighted by Crippen LogP contribution is -2.34. The van der Waals surface area contributed by atoms with Crippen molar-refractivity contribution in [2.75, 3.05) is 17.6 Å². The van der Waals surface area contributed by atoms with Crippen LogP contribution in [0.3, 0.4) is 0 Å². The summed E-state index contributed by atoms with van der Waals surface area (Å²) >= 11 is 0. The van der Waals surface area contributed by atoms with Gasteiger partial charge in [0.15, 0.2) is 5.82 Å². The minimum Gasteiger partial charge on any atom is -0.335 e. The van der Waals surface area contributed by atoms with Crippen LogP contribution in [0.25, 0.3) is 0 Å². The van der Waals surface area contributed by atoms with Crippen molar-refractivity contribution in [3.63, 3.8) is 0 Å². The smallest absolute Gasteiger partial charge is 0.321 e. The number of anilines is 1. The molecule has 0 bridgehead atoms. The predicted octanol–water partition coefficient (Wildman–Crippen LogP) is 3.31. The summed E-state index contributed by atoms with van der Waals surface area (Å²) in [5, 5.41) is 7.54. The fraction of sp³-hybridized carbons (Fsp3) is 0.600. The lowest BCUT2D eigenvalue weighted by molar-refractivity contribution is 0.329. The van der Waals surface area contributed by atoms with Crippen molar-refractivity contribution in [1.29, 1.82) is 0 Å². The van der Waals surface area contributed by atoms with Crippen LogP contribution in [0, 0.1) is 5.92 Å². The van der Waals surface area contributed by atoms with Gasteiger partial charge in [-0.3, -0.25) is 0 Å². The first kappa shape index (κ1) is 20.8. The first-order valence-corrected chi connectivity index (χ1v) is 11.6. The van der Waals surface area contributed by atoms with Crippen LogP contribution in [-0.4, -0.2) is 36.9 Å². The molecule has 1 saturated carbocycles. The van der Waals surface area contributed by atoms with Crippen molar-refractivity contribution >= 4 is 16.0 Å². The second-order valence-corrected chi connectivity index (χ2v) is 10.1. The number of hydrogen-bond donors (Lipinski definition) is 2. The molecule has 1 heterocycles. The number of sulfonamides is 1. The fourth-order valence-corrected chi connectivity index (χ4v) is 4.25. The van der Waals surface area contributed by atoms with Crippen LogP contribution < -0.4 is 10.0 Å². The molecule has 0 aliphatic heterocycles. The van der Waals surface area contributed by atoms with E-state index in [2.05, 4.69) is 46.2 Å². The van der Waals surface area contributed by atoms with Crippen molar-refractivity contribution in [2.24, 2.45) is 5.92 Å². The summed E-state index contributed by atoms with van der Waals surface area (Å²) in [6, 6.07) is 10.9. The van der Waals surface area contributed by atoms with Crippen LogP contribution >= 0.6 is 0 Å². The third-order valence-corrected chi connectivity index (χ3v) is 6.99. The Kier molecular flexibility index (Phi) is 6.40. The third kappa shape index (κ3) is 5.11. The van der Waals surface area contributed by atoms with Crippen molar-refractivity contribution in [3.8, 4) is 0 Å². The van der Waals surface area contributed by atoms with Gasteiger partial charge in [-0.2, -0.15) is 4.98 Å². The number of nitrogens with one attached hydrogen (secondary N) is 2. The molecule has 0 amide bonds. The first-order chi connectivity index (χ1) is 13.3. The highest BCUT2D eigenvalue weighted by Gasteiger charge is 2.30. The van der Waals surface area contributed by atoms with E-state index in [9.17, 15) is 8.42 Å². The van der Waals surface area contributed by atoms with Crippen LogP contribution in [0.1, 0.15) is 57.8 Å². The largest absolute Gasteiger partial charge is 0.335 e. The Hall–Kier alpha value is -1.93. The molecule has 1 aliphatic rings. The zero-order chi connectivity index (χ0) is 20.2. The summed E-state index contributed by atoms with van der Waals surface area (Å²) < 4.78 is 31.3. The zero-order valence-electron chi connectivity index (χ0n) is 16.8. The highest BCUT2D eigenvalue weighted by molar-refractivity contribution is 7.89. The van der Waals surface area contributed by atoms with E-state index in [1.807, 2.05) is 18.2 Å². The van der Waals surface area contributed by atoms with Gasteiger partial charge in [0.2, 0.25) is 10.0 Å². The molecular weight excluding hydrogens is 376 g/mol. The Labute approximate surface area is 167 Å². The van der Waals surface area contributed by atoms with Gasteiger partial charge in [-0.15, -0.1) is 0 Å². The molecule has 0 radical (unpaired) electrons. The van der Waals surface area contributed by atoms with E-state index in [0.29, 0.717) is 24.3 Å². The topological polar surface area (TPSA) is 97.1 Å². The van der Waals surface area contributed by atoms with Crippen LogP contribution in [0.5, 0.6) is 0 Å². The maximum absolute atomic E-state index is 11.6. The summed E-state index contributed by atoms with van der Waals surface area (Å²) in [7, 11) is -3.11. The van der Waals surface area contributed by atoms with Crippen LogP contribution in [0.4, 0.5) is 6.01 Å². The fourth-order valence-electron chi connectivity index (χ4n) is 3.55. The molecule has 8 heteroatoms. The van der Waals surface area contributed by atoms with Gasteiger partial charge < -0.3 is 9.84 Å². The van der Waals surface area contributed by atoms with Crippen molar-refractivity contribution in [3.05, 3.63) is 41.7 Å². The molecule has 3 rings (SSSR count). The SMILES string of the molecule is CCS(=O)(=O)NC[C@H]1CC[C@H](Nc2nc(C(C)(C)c3ccccc3)no2)CC1. The summed E-state index contributed by atoms with van der Waals surface area (Å²) in [5.41, 5.74) is 0.802. The van der Waals surface area contributed by atoms with Crippen LogP contribution in [0.15, 0.2) is 34.9 Å². The number of benzene rings is 1. The summed E-state index contributed by atoms with van der Waals surface area (Å²) in [6.45, 7) is 6.35. The quantitative estimate of drug-likeness (QED) is 0.698. The maximum atomic E-state index is 11.6. The molecule has 2 aromatic rings. The van der Waals surface area contributed by atoms with E-state index in [4.69, 9.17) is 4.52 Å². The number of nitrogens with zero attached hydrogens (tertiary/aromatic N) is 2. The minimum absolute atomic E-state index is 0.128. The maximum Gasteiger partial charge on any atom is 0.321 e. The Morgan fingerprint density at radius 2 is 1.82 bits per heavy atom. The lowest BCUT2D eigenvalue weighted by Gasteiger charge is -2.28. The zero-order valence-corrected chi connectivity index (χ0v) is 17.6. The summed E-state index contributed by atoms with van der Waals surface area (Å²) in [4.78, 5) is 4.57. The third-order valence-electron chi connectivity index (χ3n) is 5.63. The molecule has 0 spiro atoms. The molecule has 0 atom stereocenters. The van der Waals surface area contributed by atoms with Crippen molar-refractivity contribution in [2.45, 2.75) is 57.9 Å². The predicted molar refractivity (Wildman–Crippen MR) is 110 cm³/mol. The minimum atomic E-state index is -3.11. The Morgan fingerprint density at radius 1 is 1.14 bits per heavy atom. The van der Waals surface area contributed by atoms with Crippen LogP contribution in [0.2, 0.25) is 0 Å². The van der Waals surface area contributed by atoms with Gasteiger partial charge in [0.25, 0.3) is 0 Å². The van der Waals surface area contributed by atoms with Gasteiger partial charge in [-0.1, -0.05) is 35.5 Å². The molecule has 1 aromatic heterocycles. The van der Waals surface area contributed by atoms with Gasteiger partial charge in [-0.05, 0) is 57.9 Å². The van der Waals surface area contributed by atoms with Crippen molar-refractivity contribution in [1.82, 2.24) is 14.9 Å². The van der Waals surface area contributed by atoms with Gasteiger partial charge in [-0.25, -0.2) is 13.1 Å². The molecule has 0 saturated heterocycles. The molecule has 2 N–H and O–H groups in total. The van der Waals surface area contributed by atoms with E-state index in [0.717, 1.165) is 31.2 Å². The molecule has 28 heavy (non-hydrogen) atoms. The van der Waals surface area contributed by atoms with Gasteiger partial charge in [0, 0.05) is 12.6 Å². The molecular formula is C20H30N4O3S. The summed E-state index contributed by atoms with van der Waals surface area (Å²) in [6.07, 6.45) is 3.86. The lowest BCUT2D eigenvalue weighted by atomic mass is 9.84. The van der Waals surface area contributed by atoms with E-state index in [-0.39, 0.29) is 17.2 Å². The van der Waals surface area contributed by atoms with Gasteiger partial charge in [0.05, 0.1) is 11.2 Å². The standard InChI is InChI=1S/C20H30N4O3S/c1-4-28(25,26)21-14-15-10-12-17(13-11-15)22-19-23-18(24-27-19)20(2,3)16-8-6-5-7-9-16/h5-9,15,17,21H,4,10-14H2,1-3H3,(H,22,23,24)/t15-,17-. The second kappa shape index (κ2) is 8.61. The van der Waals surface area contributed by atoms with E-state index in [1.54, 1.807) is 6.92 Å². The van der Waals surface area contributed by atoms with E-state index in [1.165, 1.54) is 0 Å². The highest BCUT2D eigenvalue weighted by Crippen LogP contribution is 2.31. The molecule has 0 unspecified atom stereocenters. The van der Waals surface area contributed by atoms with E-state index >= 15 is 0 Å². The molecule has 1 aliphatic carbocycles. The molecule has 154 valence electrons. The van der Waals surface area contributed by atoms with Crippen molar-refractivity contribution < 1.29 is 12.9 Å². The Morgan fingerprint density at radius 3 is 2.46 bits per heavy atom. The second-order valence-electron chi connectivity index (χ2n) is 8.03. The number of hydrogen-bond acceptors (Lipinski definition) is 6. The number of aromatic nitrogens is 2. The molecule has 1 fully saturated rings. The normalized spacial score (nSPS) is 20.8. The van der Waals surface area contributed by atoms with Gasteiger partial charge in [0.1, 0.15) is 0 Å². The Bertz CT molecular complexity index is 857. The summed E-state index contributed by atoms with van der Waals surface area (Å²) in [5.74, 6) is 1.17. The highest BCUT2D eigenvalue weighted by atomic mass is 32.2. The van der Waals surface area contributed by atoms with Crippen LogP contribution in [-0.2, 0) is 15.4 Å². The van der Waals surface area contributed by atoms with E-state index < -0.39 is 10.0 Å². The molecule has 1 aromatic carbocycles. The number of rotatable bonds is 8. The van der Waals surface area contributed by atoms with Gasteiger partial charge >= 0.3 is 6.01 Å². The molecule has 7 nitrogen and oxygen atoms in total. The Balaban J connectivity index is 1.53. The average Bonchev–Trinajstić information content (AvgIpc) is 3.17. The monoisotopic (exact) mass is 406 g/mol. The average molecular weight is 407 g/mol. The first-order valence-electron chi connectivity index (χ1n) is 9.93.